The Balaban J connectivity index is 2.55. The lowest BCUT2D eigenvalue weighted by atomic mass is 10.5. The second-order valence-corrected chi connectivity index (χ2v) is 3.66. The quantitative estimate of drug-likeness (QED) is 0.833. The van der Waals surface area contributed by atoms with Gasteiger partial charge in [0.25, 0.3) is 0 Å². The van der Waals surface area contributed by atoms with Gasteiger partial charge in [0.2, 0.25) is 5.95 Å². The van der Waals surface area contributed by atoms with Gasteiger partial charge in [-0.05, 0) is 28.9 Å². The van der Waals surface area contributed by atoms with Crippen molar-refractivity contribution in [1.29, 1.82) is 0 Å². The number of nitrogens with zero attached hydrogens (tertiary/aromatic N) is 4. The third kappa shape index (κ3) is 1.60. The van der Waals surface area contributed by atoms with E-state index in [1.54, 1.807) is 10.9 Å². The molecule has 2 heterocycles. The minimum absolute atomic E-state index is 0.233. The molecule has 2 rings (SSSR count). The van der Waals surface area contributed by atoms with Crippen molar-refractivity contribution in [3.63, 3.8) is 0 Å². The Labute approximate surface area is 89.1 Å². The van der Waals surface area contributed by atoms with Crippen LogP contribution in [0.25, 0.3) is 5.82 Å². The van der Waals surface area contributed by atoms with E-state index in [1.807, 2.05) is 19.2 Å². The van der Waals surface area contributed by atoms with Gasteiger partial charge in [-0.2, -0.15) is 10.1 Å². The fourth-order valence-electron chi connectivity index (χ4n) is 1.07. The fraction of sp³-hybridized carbons (Fsp3) is 0.125. The number of hydrogen-bond acceptors (Lipinski definition) is 4. The van der Waals surface area contributed by atoms with E-state index in [2.05, 4.69) is 31.0 Å². The smallest absolute Gasteiger partial charge is 0.222 e. The van der Waals surface area contributed by atoms with E-state index < -0.39 is 0 Å². The summed E-state index contributed by atoms with van der Waals surface area (Å²) in [5, 5.41) is 4.22. The van der Waals surface area contributed by atoms with Gasteiger partial charge in [0.15, 0.2) is 5.82 Å². The number of aryl methyl sites for hydroxylation is 1. The number of nitrogens with two attached hydrogens (primary N) is 1. The second kappa shape index (κ2) is 3.38. The number of halogens is 1. The summed E-state index contributed by atoms with van der Waals surface area (Å²) < 4.78 is 2.41. The molecule has 0 aliphatic rings. The number of aromatic nitrogens is 4. The lowest BCUT2D eigenvalue weighted by Gasteiger charge is -2.02. The molecule has 72 valence electrons. The lowest BCUT2D eigenvalue weighted by molar-refractivity contribution is 0.823. The van der Waals surface area contributed by atoms with Crippen molar-refractivity contribution in [2.45, 2.75) is 6.92 Å². The Morgan fingerprint density at radius 3 is 2.93 bits per heavy atom. The highest BCUT2D eigenvalue weighted by atomic mass is 79.9. The molecule has 2 N–H and O–H groups in total. The van der Waals surface area contributed by atoms with Crippen molar-refractivity contribution in [3.05, 3.63) is 28.6 Å². The van der Waals surface area contributed by atoms with E-state index in [9.17, 15) is 0 Å². The van der Waals surface area contributed by atoms with Crippen LogP contribution in [0.15, 0.2) is 22.9 Å². The van der Waals surface area contributed by atoms with Crippen LogP contribution in [0.2, 0.25) is 0 Å². The van der Waals surface area contributed by atoms with Crippen LogP contribution in [0.1, 0.15) is 5.69 Å². The van der Waals surface area contributed by atoms with Crippen LogP contribution in [0.3, 0.4) is 0 Å². The maximum atomic E-state index is 5.49. The second-order valence-electron chi connectivity index (χ2n) is 2.80. The van der Waals surface area contributed by atoms with Gasteiger partial charge in [-0.1, -0.05) is 0 Å². The maximum absolute atomic E-state index is 5.49. The zero-order valence-electron chi connectivity index (χ0n) is 7.48. The standard InChI is InChI=1S/C8H8BrN5/c1-5-2-3-14(13-5)7-6(9)4-11-8(10)12-7/h2-4H,1H3,(H2,10,11,12). The molecule has 14 heavy (non-hydrogen) atoms. The van der Waals surface area contributed by atoms with Gasteiger partial charge in [-0.25, -0.2) is 9.67 Å². The zero-order valence-corrected chi connectivity index (χ0v) is 9.06. The van der Waals surface area contributed by atoms with Gasteiger partial charge in [-0.3, -0.25) is 0 Å². The highest BCUT2D eigenvalue weighted by Crippen LogP contribution is 2.17. The fourth-order valence-corrected chi connectivity index (χ4v) is 1.44. The van der Waals surface area contributed by atoms with Gasteiger partial charge in [0, 0.05) is 12.4 Å². The molecule has 0 amide bonds. The third-order valence-corrected chi connectivity index (χ3v) is 2.24. The Hall–Kier alpha value is -1.43. The first-order valence-electron chi connectivity index (χ1n) is 3.97. The molecule has 0 saturated carbocycles. The van der Waals surface area contributed by atoms with Crippen molar-refractivity contribution < 1.29 is 0 Å². The van der Waals surface area contributed by atoms with E-state index >= 15 is 0 Å². The summed E-state index contributed by atoms with van der Waals surface area (Å²) in [5.41, 5.74) is 6.41. The van der Waals surface area contributed by atoms with Gasteiger partial charge >= 0.3 is 0 Å². The summed E-state index contributed by atoms with van der Waals surface area (Å²) in [7, 11) is 0. The molecular weight excluding hydrogens is 246 g/mol. The molecule has 0 aromatic carbocycles. The van der Waals surface area contributed by atoms with E-state index in [1.165, 1.54) is 0 Å². The molecule has 2 aromatic heterocycles. The third-order valence-electron chi connectivity index (χ3n) is 1.68. The monoisotopic (exact) mass is 253 g/mol. The summed E-state index contributed by atoms with van der Waals surface area (Å²) in [6.07, 6.45) is 3.43. The van der Waals surface area contributed by atoms with Crippen LogP contribution in [0.5, 0.6) is 0 Å². The molecule has 6 heteroatoms. The average Bonchev–Trinajstić information content (AvgIpc) is 2.56. The molecule has 0 atom stereocenters. The molecule has 2 aromatic rings. The Morgan fingerprint density at radius 1 is 1.50 bits per heavy atom. The molecule has 0 unspecified atom stereocenters. The van der Waals surface area contributed by atoms with Gasteiger partial charge in [0.05, 0.1) is 10.2 Å². The first kappa shape index (κ1) is 9.14. The van der Waals surface area contributed by atoms with E-state index in [4.69, 9.17) is 5.73 Å². The zero-order chi connectivity index (χ0) is 10.1. The number of nitrogen functional groups attached to an aromatic ring is 1. The molecule has 0 aliphatic carbocycles. The van der Waals surface area contributed by atoms with Crippen molar-refractivity contribution >= 4 is 21.9 Å². The summed E-state index contributed by atoms with van der Waals surface area (Å²) in [4.78, 5) is 7.93. The molecule has 0 bridgehead atoms. The molecule has 0 aliphatic heterocycles. The van der Waals surface area contributed by atoms with Crippen molar-refractivity contribution in [3.8, 4) is 5.82 Å². The predicted molar refractivity (Wildman–Crippen MR) is 56.0 cm³/mol. The summed E-state index contributed by atoms with van der Waals surface area (Å²) in [6, 6.07) is 1.89. The number of hydrogen-bond donors (Lipinski definition) is 1. The van der Waals surface area contributed by atoms with Gasteiger partial charge < -0.3 is 5.73 Å². The molecule has 0 radical (unpaired) electrons. The molecule has 5 nitrogen and oxygen atoms in total. The Morgan fingerprint density at radius 2 is 2.29 bits per heavy atom. The van der Waals surface area contributed by atoms with Gasteiger partial charge in [0.1, 0.15) is 0 Å². The maximum Gasteiger partial charge on any atom is 0.222 e. The van der Waals surface area contributed by atoms with E-state index in [0.717, 1.165) is 10.2 Å². The SMILES string of the molecule is Cc1ccn(-c2nc(N)ncc2Br)n1. The number of anilines is 1. The van der Waals surface area contributed by atoms with Crippen LogP contribution in [0.4, 0.5) is 5.95 Å². The van der Waals surface area contributed by atoms with Crippen LogP contribution in [-0.4, -0.2) is 19.7 Å². The first-order valence-corrected chi connectivity index (χ1v) is 4.77. The normalized spacial score (nSPS) is 10.4. The topological polar surface area (TPSA) is 69.6 Å². The van der Waals surface area contributed by atoms with Gasteiger partial charge in [-0.15, -0.1) is 0 Å². The van der Waals surface area contributed by atoms with Crippen LogP contribution >= 0.6 is 15.9 Å². The summed E-state index contributed by atoms with van der Waals surface area (Å²) in [5.74, 6) is 0.877. The first-order chi connectivity index (χ1) is 6.66. The highest BCUT2D eigenvalue weighted by molar-refractivity contribution is 9.10. The largest absolute Gasteiger partial charge is 0.368 e. The van der Waals surface area contributed by atoms with Crippen molar-refractivity contribution in [2.24, 2.45) is 0 Å². The predicted octanol–water partition coefficient (Wildman–Crippen LogP) is 1.32. The lowest BCUT2D eigenvalue weighted by Crippen LogP contribution is -2.04. The van der Waals surface area contributed by atoms with E-state index in [-0.39, 0.29) is 5.95 Å². The molecule has 0 spiro atoms. The highest BCUT2D eigenvalue weighted by Gasteiger charge is 2.06. The molecular formula is C8H8BrN5. The van der Waals surface area contributed by atoms with Crippen LogP contribution in [-0.2, 0) is 0 Å². The minimum Gasteiger partial charge on any atom is -0.368 e. The molecule has 0 fully saturated rings. The van der Waals surface area contributed by atoms with Crippen molar-refractivity contribution in [2.75, 3.05) is 5.73 Å². The minimum atomic E-state index is 0.233. The number of rotatable bonds is 1. The Kier molecular flexibility index (Phi) is 2.20. The summed E-state index contributed by atoms with van der Waals surface area (Å²) in [6.45, 7) is 1.91. The molecule has 0 saturated heterocycles. The average molecular weight is 254 g/mol. The Bertz CT molecular complexity index is 465. The van der Waals surface area contributed by atoms with Crippen LogP contribution < -0.4 is 5.73 Å². The van der Waals surface area contributed by atoms with Crippen LogP contribution in [0, 0.1) is 6.92 Å². The van der Waals surface area contributed by atoms with E-state index in [0.29, 0.717) is 5.82 Å². The van der Waals surface area contributed by atoms with Crippen molar-refractivity contribution in [1.82, 2.24) is 19.7 Å². The summed E-state index contributed by atoms with van der Waals surface area (Å²) >= 11 is 3.34.